The lowest BCUT2D eigenvalue weighted by atomic mass is 10.2. The molecular weight excluding hydrogens is 364 g/mol. The lowest BCUT2D eigenvalue weighted by Crippen LogP contribution is -2.14. The van der Waals surface area contributed by atoms with E-state index in [0.29, 0.717) is 26.4 Å². The molecule has 0 aromatic heterocycles. The van der Waals surface area contributed by atoms with E-state index in [1.165, 1.54) is 6.07 Å². The molecule has 0 aliphatic carbocycles. The Morgan fingerprint density at radius 2 is 1.90 bits per heavy atom. The first-order valence-electron chi connectivity index (χ1n) is 5.63. The van der Waals surface area contributed by atoms with Crippen molar-refractivity contribution < 1.29 is 8.42 Å². The van der Waals surface area contributed by atoms with Crippen LogP contribution in [0.4, 0.5) is 11.4 Å². The summed E-state index contributed by atoms with van der Waals surface area (Å²) in [5.41, 5.74) is 7.01. The molecule has 0 radical (unpaired) electrons. The number of sulfonamides is 1. The molecule has 0 unspecified atom stereocenters. The topological polar surface area (TPSA) is 72.2 Å². The predicted octanol–water partition coefficient (Wildman–Crippen LogP) is 3.79. The minimum Gasteiger partial charge on any atom is -0.398 e. The standard InChI is InChI=1S/C13H12BrClN2O2S/c1-8-2-3-9(14)6-13(8)20(18,19)17-10-4-5-12(16)11(15)7-10/h2-7,17H,16H2,1H3. The number of anilines is 2. The van der Waals surface area contributed by atoms with Gasteiger partial charge in [-0.1, -0.05) is 33.6 Å². The molecule has 0 saturated heterocycles. The summed E-state index contributed by atoms with van der Waals surface area (Å²) < 4.78 is 27.9. The van der Waals surface area contributed by atoms with Gasteiger partial charge in [0.1, 0.15) is 0 Å². The average Bonchev–Trinajstić information content (AvgIpc) is 2.36. The van der Waals surface area contributed by atoms with Crippen molar-refractivity contribution in [2.75, 3.05) is 10.5 Å². The van der Waals surface area contributed by atoms with Crippen molar-refractivity contribution in [2.24, 2.45) is 0 Å². The second-order valence-electron chi connectivity index (χ2n) is 4.25. The Labute approximate surface area is 131 Å². The van der Waals surface area contributed by atoms with Crippen molar-refractivity contribution >= 4 is 48.9 Å². The molecular formula is C13H12BrClN2O2S. The van der Waals surface area contributed by atoms with Crippen LogP contribution in [0.3, 0.4) is 0 Å². The van der Waals surface area contributed by atoms with Gasteiger partial charge in [-0.05, 0) is 42.8 Å². The number of hydrogen-bond donors (Lipinski definition) is 2. The Kier molecular flexibility index (Phi) is 4.27. The summed E-state index contributed by atoms with van der Waals surface area (Å²) in [6.07, 6.45) is 0. The van der Waals surface area contributed by atoms with E-state index in [1.807, 2.05) is 0 Å². The molecule has 0 heterocycles. The summed E-state index contributed by atoms with van der Waals surface area (Å²) in [6, 6.07) is 9.65. The van der Waals surface area contributed by atoms with Gasteiger partial charge in [0, 0.05) is 4.47 Å². The van der Waals surface area contributed by atoms with Crippen LogP contribution in [0.25, 0.3) is 0 Å². The molecule has 0 bridgehead atoms. The molecule has 0 spiro atoms. The van der Waals surface area contributed by atoms with Crippen LogP contribution in [-0.2, 0) is 10.0 Å². The zero-order valence-electron chi connectivity index (χ0n) is 10.5. The van der Waals surface area contributed by atoms with Gasteiger partial charge in [-0.15, -0.1) is 0 Å². The number of benzene rings is 2. The molecule has 0 saturated carbocycles. The first-order chi connectivity index (χ1) is 9.29. The average molecular weight is 376 g/mol. The van der Waals surface area contributed by atoms with Crippen molar-refractivity contribution in [3.8, 4) is 0 Å². The lowest BCUT2D eigenvalue weighted by Gasteiger charge is -2.11. The molecule has 4 nitrogen and oxygen atoms in total. The fraction of sp³-hybridized carbons (Fsp3) is 0.0769. The molecule has 106 valence electrons. The molecule has 0 atom stereocenters. The molecule has 0 amide bonds. The van der Waals surface area contributed by atoms with E-state index in [4.69, 9.17) is 17.3 Å². The quantitative estimate of drug-likeness (QED) is 0.802. The van der Waals surface area contributed by atoms with E-state index in [1.54, 1.807) is 37.3 Å². The number of halogens is 2. The van der Waals surface area contributed by atoms with Crippen molar-refractivity contribution in [3.05, 3.63) is 51.5 Å². The number of nitrogen functional groups attached to an aromatic ring is 1. The second kappa shape index (κ2) is 5.63. The van der Waals surface area contributed by atoms with Crippen LogP contribution in [0.2, 0.25) is 5.02 Å². The summed E-state index contributed by atoms with van der Waals surface area (Å²) in [6.45, 7) is 1.73. The van der Waals surface area contributed by atoms with Gasteiger partial charge in [0.2, 0.25) is 0 Å². The minimum absolute atomic E-state index is 0.208. The second-order valence-corrected chi connectivity index (χ2v) is 7.23. The van der Waals surface area contributed by atoms with Crippen LogP contribution in [0.1, 0.15) is 5.56 Å². The number of rotatable bonds is 3. The fourth-order valence-electron chi connectivity index (χ4n) is 1.66. The SMILES string of the molecule is Cc1ccc(Br)cc1S(=O)(=O)Nc1ccc(N)c(Cl)c1. The van der Waals surface area contributed by atoms with E-state index >= 15 is 0 Å². The summed E-state index contributed by atoms with van der Waals surface area (Å²) >= 11 is 9.14. The van der Waals surface area contributed by atoms with Gasteiger partial charge in [0.25, 0.3) is 10.0 Å². The van der Waals surface area contributed by atoms with Gasteiger partial charge in [-0.2, -0.15) is 0 Å². The smallest absolute Gasteiger partial charge is 0.262 e. The highest BCUT2D eigenvalue weighted by atomic mass is 79.9. The van der Waals surface area contributed by atoms with Gasteiger partial charge in [-0.25, -0.2) is 8.42 Å². The van der Waals surface area contributed by atoms with Crippen LogP contribution in [-0.4, -0.2) is 8.42 Å². The number of hydrogen-bond acceptors (Lipinski definition) is 3. The molecule has 2 aromatic carbocycles. The van der Waals surface area contributed by atoms with E-state index in [0.717, 1.165) is 0 Å². The summed E-state index contributed by atoms with van der Waals surface area (Å²) in [4.78, 5) is 0.208. The third-order valence-corrected chi connectivity index (χ3v) is 5.04. The van der Waals surface area contributed by atoms with Crippen molar-refractivity contribution in [3.63, 3.8) is 0 Å². The lowest BCUT2D eigenvalue weighted by molar-refractivity contribution is 0.600. The van der Waals surface area contributed by atoms with Crippen LogP contribution in [0, 0.1) is 6.92 Å². The van der Waals surface area contributed by atoms with Crippen molar-refractivity contribution in [2.45, 2.75) is 11.8 Å². The van der Waals surface area contributed by atoms with Crippen LogP contribution >= 0.6 is 27.5 Å². The monoisotopic (exact) mass is 374 g/mol. The van der Waals surface area contributed by atoms with Crippen molar-refractivity contribution in [1.82, 2.24) is 0 Å². The maximum Gasteiger partial charge on any atom is 0.262 e. The predicted molar refractivity (Wildman–Crippen MR) is 85.6 cm³/mol. The van der Waals surface area contributed by atoms with Crippen molar-refractivity contribution in [1.29, 1.82) is 0 Å². The van der Waals surface area contributed by atoms with Gasteiger partial charge in [0.15, 0.2) is 0 Å². The highest BCUT2D eigenvalue weighted by Crippen LogP contribution is 2.26. The largest absolute Gasteiger partial charge is 0.398 e. The molecule has 7 heteroatoms. The molecule has 2 rings (SSSR count). The summed E-state index contributed by atoms with van der Waals surface area (Å²) in [5, 5.41) is 0.302. The first kappa shape index (κ1) is 15.2. The van der Waals surface area contributed by atoms with Gasteiger partial charge >= 0.3 is 0 Å². The van der Waals surface area contributed by atoms with Crippen LogP contribution in [0.15, 0.2) is 45.8 Å². The Balaban J connectivity index is 2.40. The normalized spacial score (nSPS) is 11.3. The van der Waals surface area contributed by atoms with Gasteiger partial charge < -0.3 is 5.73 Å². The highest BCUT2D eigenvalue weighted by Gasteiger charge is 2.17. The Morgan fingerprint density at radius 3 is 2.55 bits per heavy atom. The maximum absolute atomic E-state index is 12.4. The molecule has 0 aliphatic heterocycles. The molecule has 0 fully saturated rings. The number of nitrogens with two attached hydrogens (primary N) is 1. The van der Waals surface area contributed by atoms with E-state index in [-0.39, 0.29) is 4.90 Å². The van der Waals surface area contributed by atoms with E-state index < -0.39 is 10.0 Å². The van der Waals surface area contributed by atoms with Crippen LogP contribution < -0.4 is 10.5 Å². The zero-order chi connectivity index (χ0) is 14.9. The van der Waals surface area contributed by atoms with Gasteiger partial charge in [-0.3, -0.25) is 4.72 Å². The van der Waals surface area contributed by atoms with Crippen LogP contribution in [0.5, 0.6) is 0 Å². The molecule has 20 heavy (non-hydrogen) atoms. The van der Waals surface area contributed by atoms with E-state index in [9.17, 15) is 8.42 Å². The molecule has 2 aromatic rings. The third-order valence-electron chi connectivity index (χ3n) is 2.69. The fourth-order valence-corrected chi connectivity index (χ4v) is 3.68. The molecule has 0 aliphatic rings. The zero-order valence-corrected chi connectivity index (χ0v) is 13.7. The minimum atomic E-state index is -3.68. The Bertz CT molecular complexity index is 763. The first-order valence-corrected chi connectivity index (χ1v) is 8.29. The van der Waals surface area contributed by atoms with Gasteiger partial charge in [0.05, 0.1) is 21.3 Å². The molecule has 3 N–H and O–H groups in total. The van der Waals surface area contributed by atoms with E-state index in [2.05, 4.69) is 20.7 Å². The maximum atomic E-state index is 12.4. The summed E-state index contributed by atoms with van der Waals surface area (Å²) in [7, 11) is -3.68. The summed E-state index contributed by atoms with van der Waals surface area (Å²) in [5.74, 6) is 0. The number of aryl methyl sites for hydroxylation is 1. The Hall–Kier alpha value is -1.24. The third kappa shape index (κ3) is 3.26. The highest BCUT2D eigenvalue weighted by molar-refractivity contribution is 9.10. The number of nitrogens with one attached hydrogen (secondary N) is 1. The Morgan fingerprint density at radius 1 is 1.20 bits per heavy atom.